The Morgan fingerprint density at radius 1 is 1.22 bits per heavy atom. The van der Waals surface area contributed by atoms with E-state index < -0.39 is 0 Å². The van der Waals surface area contributed by atoms with E-state index in [1.165, 1.54) is 4.90 Å². The van der Waals surface area contributed by atoms with Crippen LogP contribution in [0.2, 0.25) is 0 Å². The highest BCUT2D eigenvalue weighted by atomic mass is 32.2. The molecule has 2 aromatic rings. The third-order valence-electron chi connectivity index (χ3n) is 2.53. The molecule has 18 heavy (non-hydrogen) atoms. The van der Waals surface area contributed by atoms with Gasteiger partial charge in [0.1, 0.15) is 0 Å². The Morgan fingerprint density at radius 2 is 2.06 bits per heavy atom. The van der Waals surface area contributed by atoms with Crippen molar-refractivity contribution in [1.29, 1.82) is 5.26 Å². The summed E-state index contributed by atoms with van der Waals surface area (Å²) in [4.78, 5) is 1.19. The number of nitriles is 1. The molecule has 2 rings (SSSR count). The van der Waals surface area contributed by atoms with E-state index in [2.05, 4.69) is 23.5 Å². The van der Waals surface area contributed by atoms with Gasteiger partial charge in [0.05, 0.1) is 23.0 Å². The SMILES string of the molecule is CSc1cccc(Nc2ccc(C#N)cc2N)c1. The molecule has 0 amide bonds. The number of anilines is 3. The topological polar surface area (TPSA) is 61.8 Å². The second kappa shape index (κ2) is 5.48. The minimum Gasteiger partial charge on any atom is -0.397 e. The van der Waals surface area contributed by atoms with E-state index in [4.69, 9.17) is 11.0 Å². The summed E-state index contributed by atoms with van der Waals surface area (Å²) >= 11 is 1.69. The van der Waals surface area contributed by atoms with E-state index in [-0.39, 0.29) is 0 Å². The van der Waals surface area contributed by atoms with Crippen molar-refractivity contribution in [2.75, 3.05) is 17.3 Å². The molecule has 0 spiro atoms. The van der Waals surface area contributed by atoms with Gasteiger partial charge in [0.2, 0.25) is 0 Å². The number of nitrogens with two attached hydrogens (primary N) is 1. The molecule has 2 aromatic carbocycles. The fraction of sp³-hybridized carbons (Fsp3) is 0.0714. The molecule has 0 aliphatic rings. The predicted octanol–water partition coefficient (Wildman–Crippen LogP) is 3.61. The number of nitrogens with zero attached hydrogens (tertiary/aromatic N) is 1. The van der Waals surface area contributed by atoms with Crippen molar-refractivity contribution in [1.82, 2.24) is 0 Å². The Hall–Kier alpha value is -2.12. The van der Waals surface area contributed by atoms with Gasteiger partial charge < -0.3 is 11.1 Å². The van der Waals surface area contributed by atoms with Crippen molar-refractivity contribution in [3.63, 3.8) is 0 Å². The Kier molecular flexibility index (Phi) is 3.75. The quantitative estimate of drug-likeness (QED) is 0.649. The summed E-state index contributed by atoms with van der Waals surface area (Å²) in [6.07, 6.45) is 2.04. The van der Waals surface area contributed by atoms with Crippen molar-refractivity contribution in [2.45, 2.75) is 4.90 Å². The second-order valence-corrected chi connectivity index (χ2v) is 4.65. The molecule has 0 fully saturated rings. The van der Waals surface area contributed by atoms with Gasteiger partial charge in [0.15, 0.2) is 0 Å². The Labute approximate surface area is 111 Å². The average Bonchev–Trinajstić information content (AvgIpc) is 2.41. The minimum atomic E-state index is 0.566. The first-order valence-electron chi connectivity index (χ1n) is 5.43. The van der Waals surface area contributed by atoms with E-state index in [1.54, 1.807) is 23.9 Å². The van der Waals surface area contributed by atoms with Crippen molar-refractivity contribution in [3.8, 4) is 6.07 Å². The molecule has 3 N–H and O–H groups in total. The normalized spacial score (nSPS) is 9.78. The van der Waals surface area contributed by atoms with Crippen LogP contribution < -0.4 is 11.1 Å². The van der Waals surface area contributed by atoms with Gasteiger partial charge in [-0.3, -0.25) is 0 Å². The highest BCUT2D eigenvalue weighted by Crippen LogP contribution is 2.26. The maximum Gasteiger partial charge on any atom is 0.0992 e. The van der Waals surface area contributed by atoms with Crippen LogP contribution in [0.5, 0.6) is 0 Å². The number of nitrogens with one attached hydrogen (secondary N) is 1. The molecule has 0 bridgehead atoms. The van der Waals surface area contributed by atoms with Crippen molar-refractivity contribution < 1.29 is 0 Å². The van der Waals surface area contributed by atoms with Crippen LogP contribution in [-0.2, 0) is 0 Å². The summed E-state index contributed by atoms with van der Waals surface area (Å²) in [5.74, 6) is 0. The lowest BCUT2D eigenvalue weighted by molar-refractivity contribution is 1.43. The largest absolute Gasteiger partial charge is 0.397 e. The Bertz CT molecular complexity index is 602. The number of hydrogen-bond acceptors (Lipinski definition) is 4. The maximum absolute atomic E-state index is 8.78. The zero-order valence-corrected chi connectivity index (χ0v) is 10.8. The fourth-order valence-corrected chi connectivity index (χ4v) is 2.06. The van der Waals surface area contributed by atoms with E-state index in [1.807, 2.05) is 24.5 Å². The molecule has 0 aliphatic heterocycles. The number of rotatable bonds is 3. The molecule has 0 aliphatic carbocycles. The molecule has 0 radical (unpaired) electrons. The van der Waals surface area contributed by atoms with Gasteiger partial charge in [0, 0.05) is 10.6 Å². The maximum atomic E-state index is 8.78. The van der Waals surface area contributed by atoms with Gasteiger partial charge in [0.25, 0.3) is 0 Å². The zero-order valence-electron chi connectivity index (χ0n) is 9.97. The van der Waals surface area contributed by atoms with Gasteiger partial charge in [-0.2, -0.15) is 5.26 Å². The first-order valence-corrected chi connectivity index (χ1v) is 6.66. The van der Waals surface area contributed by atoms with Crippen molar-refractivity contribution in [3.05, 3.63) is 48.0 Å². The molecule has 0 heterocycles. The first kappa shape index (κ1) is 12.3. The Morgan fingerprint density at radius 3 is 2.72 bits per heavy atom. The summed E-state index contributed by atoms with van der Waals surface area (Å²) in [5, 5.41) is 12.0. The lowest BCUT2D eigenvalue weighted by atomic mass is 10.2. The molecule has 0 saturated carbocycles. The Balaban J connectivity index is 2.26. The van der Waals surface area contributed by atoms with Crippen LogP contribution in [0.4, 0.5) is 17.1 Å². The standard InChI is InChI=1S/C14H13N3S/c1-18-12-4-2-3-11(8-12)17-14-6-5-10(9-15)7-13(14)16/h2-8,17H,16H2,1H3. The summed E-state index contributed by atoms with van der Waals surface area (Å²) in [5.41, 5.74) is 8.83. The summed E-state index contributed by atoms with van der Waals surface area (Å²) in [6, 6.07) is 15.4. The fourth-order valence-electron chi connectivity index (χ4n) is 1.60. The van der Waals surface area contributed by atoms with E-state index >= 15 is 0 Å². The summed E-state index contributed by atoms with van der Waals surface area (Å²) < 4.78 is 0. The zero-order chi connectivity index (χ0) is 13.0. The van der Waals surface area contributed by atoms with E-state index in [0.717, 1.165) is 11.4 Å². The highest BCUT2D eigenvalue weighted by Gasteiger charge is 2.01. The summed E-state index contributed by atoms with van der Waals surface area (Å²) in [7, 11) is 0. The molecule has 0 aromatic heterocycles. The van der Waals surface area contributed by atoms with Crippen LogP contribution in [0.3, 0.4) is 0 Å². The van der Waals surface area contributed by atoms with Crippen LogP contribution in [0.1, 0.15) is 5.56 Å². The molecular weight excluding hydrogens is 242 g/mol. The average molecular weight is 255 g/mol. The van der Waals surface area contributed by atoms with E-state index in [0.29, 0.717) is 11.3 Å². The monoisotopic (exact) mass is 255 g/mol. The number of benzene rings is 2. The number of hydrogen-bond donors (Lipinski definition) is 2. The molecule has 3 nitrogen and oxygen atoms in total. The molecule has 4 heteroatoms. The van der Waals surface area contributed by atoms with Crippen LogP contribution in [0.15, 0.2) is 47.4 Å². The van der Waals surface area contributed by atoms with Gasteiger partial charge in [-0.1, -0.05) is 6.07 Å². The van der Waals surface area contributed by atoms with Crippen LogP contribution >= 0.6 is 11.8 Å². The van der Waals surface area contributed by atoms with Crippen LogP contribution in [0.25, 0.3) is 0 Å². The van der Waals surface area contributed by atoms with Crippen molar-refractivity contribution >= 4 is 28.8 Å². The van der Waals surface area contributed by atoms with Gasteiger partial charge in [-0.05, 0) is 42.7 Å². The first-order chi connectivity index (χ1) is 8.72. The van der Waals surface area contributed by atoms with Crippen LogP contribution in [0, 0.1) is 11.3 Å². The smallest absolute Gasteiger partial charge is 0.0992 e. The van der Waals surface area contributed by atoms with Gasteiger partial charge in [-0.25, -0.2) is 0 Å². The number of thioether (sulfide) groups is 1. The molecule has 90 valence electrons. The molecule has 0 atom stereocenters. The predicted molar refractivity (Wildman–Crippen MR) is 77.1 cm³/mol. The lowest BCUT2D eigenvalue weighted by Crippen LogP contribution is -1.96. The third-order valence-corrected chi connectivity index (χ3v) is 3.25. The second-order valence-electron chi connectivity index (χ2n) is 3.77. The van der Waals surface area contributed by atoms with E-state index in [9.17, 15) is 0 Å². The summed E-state index contributed by atoms with van der Waals surface area (Å²) in [6.45, 7) is 0. The molecule has 0 unspecified atom stereocenters. The lowest BCUT2D eigenvalue weighted by Gasteiger charge is -2.10. The number of nitrogen functional groups attached to an aromatic ring is 1. The van der Waals surface area contributed by atoms with Gasteiger partial charge >= 0.3 is 0 Å². The highest BCUT2D eigenvalue weighted by molar-refractivity contribution is 7.98. The minimum absolute atomic E-state index is 0.566. The third kappa shape index (κ3) is 2.76. The molecule has 0 saturated heterocycles. The van der Waals surface area contributed by atoms with Crippen LogP contribution in [-0.4, -0.2) is 6.26 Å². The van der Waals surface area contributed by atoms with Gasteiger partial charge in [-0.15, -0.1) is 11.8 Å². The molecular formula is C14H13N3S. The van der Waals surface area contributed by atoms with Crippen molar-refractivity contribution in [2.24, 2.45) is 0 Å².